The molecule has 2 rings (SSSR count). The fourth-order valence-electron chi connectivity index (χ4n) is 2.89. The fourth-order valence-corrected chi connectivity index (χ4v) is 2.89. The lowest BCUT2D eigenvalue weighted by atomic mass is 9.96. The average Bonchev–Trinajstić information content (AvgIpc) is 2.83. The quantitative estimate of drug-likeness (QED) is 0.815. The molecule has 0 radical (unpaired) electrons. The lowest BCUT2D eigenvalue weighted by Crippen LogP contribution is -2.39. The fraction of sp³-hybridized carbons (Fsp3) is 0.526. The van der Waals surface area contributed by atoms with Gasteiger partial charge in [-0.2, -0.15) is 0 Å². The Morgan fingerprint density at radius 1 is 1.17 bits per heavy atom. The highest BCUT2D eigenvalue weighted by atomic mass is 16.2. The van der Waals surface area contributed by atoms with E-state index < -0.39 is 0 Å². The van der Waals surface area contributed by atoms with Crippen LogP contribution in [0, 0.1) is 5.41 Å². The molecule has 1 heterocycles. The molecule has 1 aromatic rings. The van der Waals surface area contributed by atoms with Gasteiger partial charge in [0, 0.05) is 37.9 Å². The molecule has 1 N–H and O–H groups in total. The van der Waals surface area contributed by atoms with Crippen LogP contribution in [0.25, 0.3) is 0 Å². The third-order valence-electron chi connectivity index (χ3n) is 3.92. The van der Waals surface area contributed by atoms with Crippen molar-refractivity contribution in [3.05, 3.63) is 35.9 Å². The van der Waals surface area contributed by atoms with Crippen LogP contribution in [0.1, 0.15) is 50.4 Å². The number of benzene rings is 1. The molecule has 0 saturated carbocycles. The summed E-state index contributed by atoms with van der Waals surface area (Å²) in [6, 6.07) is 8.81. The van der Waals surface area contributed by atoms with Crippen LogP contribution in [0.3, 0.4) is 0 Å². The Morgan fingerprint density at radius 2 is 1.83 bits per heavy atom. The number of rotatable bonds is 6. The zero-order valence-corrected chi connectivity index (χ0v) is 14.7. The number of carbonyl (C=O) groups is 3. The molecule has 1 saturated heterocycles. The van der Waals surface area contributed by atoms with Gasteiger partial charge < -0.3 is 10.2 Å². The highest BCUT2D eigenvalue weighted by Gasteiger charge is 2.32. The zero-order valence-electron chi connectivity index (χ0n) is 14.7. The smallest absolute Gasteiger partial charge is 0.224 e. The highest BCUT2D eigenvalue weighted by molar-refractivity contribution is 5.98. The summed E-state index contributed by atoms with van der Waals surface area (Å²) in [5.74, 6) is -0.132. The second-order valence-corrected chi connectivity index (χ2v) is 7.59. The molecule has 1 unspecified atom stereocenters. The predicted molar refractivity (Wildman–Crippen MR) is 92.6 cm³/mol. The molecule has 1 fully saturated rings. The van der Waals surface area contributed by atoms with Crippen molar-refractivity contribution in [1.29, 1.82) is 0 Å². The molecule has 1 atom stereocenters. The number of hydrogen-bond acceptors (Lipinski definition) is 3. The molecule has 5 heteroatoms. The van der Waals surface area contributed by atoms with Crippen molar-refractivity contribution < 1.29 is 14.4 Å². The van der Waals surface area contributed by atoms with Crippen LogP contribution in [-0.4, -0.2) is 41.6 Å². The minimum absolute atomic E-state index is 0.0384. The first-order valence-corrected chi connectivity index (χ1v) is 8.40. The van der Waals surface area contributed by atoms with Gasteiger partial charge in [0.1, 0.15) is 0 Å². The van der Waals surface area contributed by atoms with E-state index in [1.807, 2.05) is 6.07 Å². The largest absolute Gasteiger partial charge is 0.351 e. The lowest BCUT2D eigenvalue weighted by molar-refractivity contribution is -0.128. The summed E-state index contributed by atoms with van der Waals surface area (Å²) in [6.07, 6.45) is 0.675. The highest BCUT2D eigenvalue weighted by Crippen LogP contribution is 2.20. The molecule has 1 aliphatic heterocycles. The summed E-state index contributed by atoms with van der Waals surface area (Å²) >= 11 is 0. The number of likely N-dealkylation sites (tertiary alicyclic amines) is 1. The van der Waals surface area contributed by atoms with Gasteiger partial charge in [0.15, 0.2) is 5.78 Å². The Morgan fingerprint density at radius 3 is 2.46 bits per heavy atom. The van der Waals surface area contributed by atoms with Gasteiger partial charge in [-0.1, -0.05) is 51.1 Å². The molecular weight excluding hydrogens is 304 g/mol. The van der Waals surface area contributed by atoms with Gasteiger partial charge in [-0.3, -0.25) is 14.4 Å². The van der Waals surface area contributed by atoms with Gasteiger partial charge in [0.05, 0.1) is 6.04 Å². The van der Waals surface area contributed by atoms with E-state index in [4.69, 9.17) is 0 Å². The van der Waals surface area contributed by atoms with E-state index in [1.54, 1.807) is 29.2 Å². The molecule has 5 nitrogen and oxygen atoms in total. The Balaban J connectivity index is 1.77. The molecule has 1 aromatic carbocycles. The third-order valence-corrected chi connectivity index (χ3v) is 3.92. The Kier molecular flexibility index (Phi) is 5.75. The summed E-state index contributed by atoms with van der Waals surface area (Å²) in [5, 5.41) is 2.88. The first-order valence-electron chi connectivity index (χ1n) is 8.40. The normalized spacial score (nSPS) is 17.9. The molecule has 0 aliphatic carbocycles. The van der Waals surface area contributed by atoms with Gasteiger partial charge in [0.2, 0.25) is 11.8 Å². The monoisotopic (exact) mass is 330 g/mol. The van der Waals surface area contributed by atoms with E-state index in [0.717, 1.165) is 0 Å². The number of hydrogen-bond donors (Lipinski definition) is 1. The number of amides is 2. The maximum Gasteiger partial charge on any atom is 0.224 e. The minimum atomic E-state index is -0.172. The Labute approximate surface area is 143 Å². The van der Waals surface area contributed by atoms with Crippen LogP contribution in [0.4, 0.5) is 0 Å². The van der Waals surface area contributed by atoms with Crippen molar-refractivity contribution in [3.8, 4) is 0 Å². The summed E-state index contributed by atoms with van der Waals surface area (Å²) in [6.45, 7) is 7.49. The van der Waals surface area contributed by atoms with Gasteiger partial charge in [-0.25, -0.2) is 0 Å². The van der Waals surface area contributed by atoms with Gasteiger partial charge in [0.25, 0.3) is 0 Å². The molecular formula is C19H26N2O3. The van der Waals surface area contributed by atoms with E-state index >= 15 is 0 Å². The van der Waals surface area contributed by atoms with Crippen molar-refractivity contribution in [2.75, 3.05) is 13.1 Å². The molecule has 0 spiro atoms. The molecule has 0 bridgehead atoms. The van der Waals surface area contributed by atoms with Crippen LogP contribution in [-0.2, 0) is 9.59 Å². The average molecular weight is 330 g/mol. The number of nitrogens with zero attached hydrogens (tertiary/aromatic N) is 1. The van der Waals surface area contributed by atoms with Crippen molar-refractivity contribution in [2.45, 2.75) is 46.1 Å². The second-order valence-electron chi connectivity index (χ2n) is 7.59. The van der Waals surface area contributed by atoms with Crippen LogP contribution < -0.4 is 5.32 Å². The zero-order chi connectivity index (χ0) is 17.7. The molecule has 2 amide bonds. The molecule has 1 aliphatic rings. The van der Waals surface area contributed by atoms with Crippen LogP contribution in [0.15, 0.2) is 30.3 Å². The van der Waals surface area contributed by atoms with Crippen LogP contribution in [0.5, 0.6) is 0 Å². The summed E-state index contributed by atoms with van der Waals surface area (Å²) < 4.78 is 0. The van der Waals surface area contributed by atoms with Gasteiger partial charge in [-0.15, -0.1) is 0 Å². The molecule has 130 valence electrons. The number of ketones is 1. The standard InChI is InChI=1S/C19H26N2O3/c1-19(2,3)13-21-12-15(11-18(21)24)20-17(23)10-9-16(22)14-7-5-4-6-8-14/h4-8,15H,9-13H2,1-3H3,(H,20,23). The van der Waals surface area contributed by atoms with E-state index in [2.05, 4.69) is 26.1 Å². The van der Waals surface area contributed by atoms with E-state index in [9.17, 15) is 14.4 Å². The minimum Gasteiger partial charge on any atom is -0.351 e. The number of nitrogens with one attached hydrogen (secondary N) is 1. The van der Waals surface area contributed by atoms with E-state index in [-0.39, 0.29) is 41.9 Å². The third kappa shape index (κ3) is 5.48. The first kappa shape index (κ1) is 18.2. The SMILES string of the molecule is CC(C)(C)CN1CC(NC(=O)CCC(=O)c2ccccc2)CC1=O. The number of carbonyl (C=O) groups excluding carboxylic acids is 3. The van der Waals surface area contributed by atoms with E-state index in [0.29, 0.717) is 25.1 Å². The Bertz CT molecular complexity index is 605. The van der Waals surface area contributed by atoms with Crippen LogP contribution >= 0.6 is 0 Å². The predicted octanol–water partition coefficient (Wildman–Crippen LogP) is 2.41. The maximum absolute atomic E-state index is 12.0. The maximum atomic E-state index is 12.0. The van der Waals surface area contributed by atoms with E-state index in [1.165, 1.54) is 0 Å². The molecule has 0 aromatic heterocycles. The van der Waals surface area contributed by atoms with Crippen LogP contribution in [0.2, 0.25) is 0 Å². The summed E-state index contributed by atoms with van der Waals surface area (Å²) in [7, 11) is 0. The van der Waals surface area contributed by atoms with Crippen molar-refractivity contribution in [2.24, 2.45) is 5.41 Å². The topological polar surface area (TPSA) is 66.5 Å². The van der Waals surface area contributed by atoms with Gasteiger partial charge >= 0.3 is 0 Å². The number of Topliss-reactive ketones (excluding diaryl/α,β-unsaturated/α-hetero) is 1. The van der Waals surface area contributed by atoms with Gasteiger partial charge in [-0.05, 0) is 5.41 Å². The first-order chi connectivity index (χ1) is 11.2. The lowest BCUT2D eigenvalue weighted by Gasteiger charge is -2.26. The van der Waals surface area contributed by atoms with Crippen molar-refractivity contribution in [3.63, 3.8) is 0 Å². The Hall–Kier alpha value is -2.17. The molecule has 24 heavy (non-hydrogen) atoms. The van der Waals surface area contributed by atoms with Crippen molar-refractivity contribution >= 4 is 17.6 Å². The second kappa shape index (κ2) is 7.60. The van der Waals surface area contributed by atoms with Crippen molar-refractivity contribution in [1.82, 2.24) is 10.2 Å². The summed E-state index contributed by atoms with van der Waals surface area (Å²) in [5.41, 5.74) is 0.661. The summed E-state index contributed by atoms with van der Waals surface area (Å²) in [4.78, 5) is 37.9.